The van der Waals surface area contributed by atoms with Gasteiger partial charge < -0.3 is 9.84 Å². The molecular formula is C13H25NO3. The van der Waals surface area contributed by atoms with E-state index in [1.807, 2.05) is 6.92 Å². The summed E-state index contributed by atoms with van der Waals surface area (Å²) in [6.45, 7) is 8.47. The zero-order chi connectivity index (χ0) is 13.1. The van der Waals surface area contributed by atoms with E-state index in [1.165, 1.54) is 0 Å². The summed E-state index contributed by atoms with van der Waals surface area (Å²) in [5.74, 6) is -0.201. The summed E-state index contributed by atoms with van der Waals surface area (Å²) < 4.78 is 5.26. The van der Waals surface area contributed by atoms with E-state index in [4.69, 9.17) is 4.74 Å². The molecule has 100 valence electrons. The van der Waals surface area contributed by atoms with Crippen LogP contribution in [0, 0.1) is 11.3 Å². The van der Waals surface area contributed by atoms with Crippen LogP contribution in [-0.2, 0) is 9.53 Å². The molecule has 1 fully saturated rings. The molecule has 0 aliphatic carbocycles. The van der Waals surface area contributed by atoms with Crippen LogP contribution in [0.5, 0.6) is 0 Å². The molecule has 2 unspecified atom stereocenters. The van der Waals surface area contributed by atoms with Crippen LogP contribution in [0.15, 0.2) is 0 Å². The lowest BCUT2D eigenvalue weighted by atomic mass is 9.81. The number of likely N-dealkylation sites (tertiary alicyclic amines) is 1. The number of carboxylic acids is 1. The van der Waals surface area contributed by atoms with Gasteiger partial charge in [-0.15, -0.1) is 0 Å². The summed E-state index contributed by atoms with van der Waals surface area (Å²) in [5, 5.41) is 9.31. The maximum atomic E-state index is 11.3. The molecule has 1 saturated heterocycles. The molecule has 1 rings (SSSR count). The number of carbonyl (C=O) groups is 1. The van der Waals surface area contributed by atoms with E-state index in [0.29, 0.717) is 25.1 Å². The smallest absolute Gasteiger partial charge is 0.310 e. The molecule has 17 heavy (non-hydrogen) atoms. The molecule has 4 nitrogen and oxygen atoms in total. The lowest BCUT2D eigenvalue weighted by Crippen LogP contribution is -2.52. The van der Waals surface area contributed by atoms with Crippen molar-refractivity contribution >= 4 is 5.97 Å². The van der Waals surface area contributed by atoms with E-state index >= 15 is 0 Å². The summed E-state index contributed by atoms with van der Waals surface area (Å²) in [4.78, 5) is 13.6. The van der Waals surface area contributed by atoms with Crippen LogP contribution < -0.4 is 0 Å². The van der Waals surface area contributed by atoms with E-state index < -0.39 is 11.4 Å². The monoisotopic (exact) mass is 243 g/mol. The normalized spacial score (nSPS) is 28.3. The second kappa shape index (κ2) is 5.83. The molecule has 0 aromatic heterocycles. The maximum Gasteiger partial charge on any atom is 0.310 e. The highest BCUT2D eigenvalue weighted by Crippen LogP contribution is 2.31. The predicted octanol–water partition coefficient (Wildman–Crippen LogP) is 1.84. The zero-order valence-corrected chi connectivity index (χ0v) is 11.4. The molecule has 0 aromatic carbocycles. The van der Waals surface area contributed by atoms with Crippen LogP contribution in [0.25, 0.3) is 0 Å². The fourth-order valence-electron chi connectivity index (χ4n) is 2.63. The number of hydrogen-bond donors (Lipinski definition) is 1. The van der Waals surface area contributed by atoms with Crippen LogP contribution in [0.1, 0.15) is 33.6 Å². The third kappa shape index (κ3) is 3.42. The molecule has 0 amide bonds. The molecular weight excluding hydrogens is 218 g/mol. The molecule has 1 N–H and O–H groups in total. The van der Waals surface area contributed by atoms with Crippen molar-refractivity contribution in [1.29, 1.82) is 0 Å². The van der Waals surface area contributed by atoms with Gasteiger partial charge in [0, 0.05) is 19.7 Å². The SMILES string of the molecule is COCC(C(C)C)N1CCCC(C)(C(=O)O)C1. The van der Waals surface area contributed by atoms with E-state index in [-0.39, 0.29) is 0 Å². The van der Waals surface area contributed by atoms with Crippen molar-refractivity contribution in [2.24, 2.45) is 11.3 Å². The number of carboxylic acid groups (broad SMARTS) is 1. The Morgan fingerprint density at radius 2 is 2.18 bits per heavy atom. The summed E-state index contributed by atoms with van der Waals surface area (Å²) in [6.07, 6.45) is 1.73. The fraction of sp³-hybridized carbons (Fsp3) is 0.923. The standard InChI is InChI=1S/C13H25NO3/c1-10(2)11(8-17-4)14-7-5-6-13(3,9-14)12(15)16/h10-11H,5-9H2,1-4H3,(H,15,16). The topological polar surface area (TPSA) is 49.8 Å². The highest BCUT2D eigenvalue weighted by Gasteiger charge is 2.40. The number of methoxy groups -OCH3 is 1. The van der Waals surface area contributed by atoms with Gasteiger partial charge in [0.15, 0.2) is 0 Å². The van der Waals surface area contributed by atoms with E-state index in [2.05, 4.69) is 18.7 Å². The van der Waals surface area contributed by atoms with E-state index in [1.54, 1.807) is 7.11 Å². The number of rotatable bonds is 5. The second-order valence-corrected chi connectivity index (χ2v) is 5.71. The van der Waals surface area contributed by atoms with Gasteiger partial charge in [0.05, 0.1) is 12.0 Å². The number of nitrogens with zero attached hydrogens (tertiary/aromatic N) is 1. The molecule has 2 atom stereocenters. The Labute approximate surface area is 104 Å². The predicted molar refractivity (Wildman–Crippen MR) is 67.1 cm³/mol. The number of ether oxygens (including phenoxy) is 1. The van der Waals surface area contributed by atoms with Gasteiger partial charge in [-0.3, -0.25) is 9.69 Å². The highest BCUT2D eigenvalue weighted by molar-refractivity contribution is 5.74. The van der Waals surface area contributed by atoms with Crippen molar-refractivity contribution < 1.29 is 14.6 Å². The molecule has 1 aliphatic heterocycles. The van der Waals surface area contributed by atoms with E-state index in [0.717, 1.165) is 19.4 Å². The van der Waals surface area contributed by atoms with E-state index in [9.17, 15) is 9.90 Å². The molecule has 0 radical (unpaired) electrons. The molecule has 0 spiro atoms. The number of hydrogen-bond acceptors (Lipinski definition) is 3. The third-order valence-corrected chi connectivity index (χ3v) is 3.82. The summed E-state index contributed by atoms with van der Waals surface area (Å²) in [6, 6.07) is 0.318. The van der Waals surface area contributed by atoms with Crippen molar-refractivity contribution in [1.82, 2.24) is 4.90 Å². The lowest BCUT2D eigenvalue weighted by Gasteiger charge is -2.43. The largest absolute Gasteiger partial charge is 0.481 e. The minimum Gasteiger partial charge on any atom is -0.481 e. The molecule has 1 heterocycles. The molecule has 4 heteroatoms. The van der Waals surface area contributed by atoms with Crippen molar-refractivity contribution in [3.63, 3.8) is 0 Å². The minimum atomic E-state index is -0.679. The van der Waals surface area contributed by atoms with Crippen molar-refractivity contribution in [3.8, 4) is 0 Å². The lowest BCUT2D eigenvalue weighted by molar-refractivity contribution is -0.152. The third-order valence-electron chi connectivity index (χ3n) is 3.82. The van der Waals surface area contributed by atoms with Gasteiger partial charge >= 0.3 is 5.97 Å². The van der Waals surface area contributed by atoms with Crippen LogP contribution >= 0.6 is 0 Å². The van der Waals surface area contributed by atoms with Gasteiger partial charge in [-0.2, -0.15) is 0 Å². The van der Waals surface area contributed by atoms with Crippen LogP contribution in [-0.4, -0.2) is 48.8 Å². The Kier molecular flexibility index (Phi) is 4.95. The van der Waals surface area contributed by atoms with Crippen molar-refractivity contribution in [2.75, 3.05) is 26.8 Å². The molecule has 1 aliphatic rings. The fourth-order valence-corrected chi connectivity index (χ4v) is 2.63. The average Bonchev–Trinajstić information content (AvgIpc) is 2.25. The Balaban J connectivity index is 2.73. The summed E-state index contributed by atoms with van der Waals surface area (Å²) >= 11 is 0. The molecule has 0 aromatic rings. The van der Waals surface area contributed by atoms with Gasteiger partial charge in [0.25, 0.3) is 0 Å². The first-order chi connectivity index (χ1) is 7.90. The maximum absolute atomic E-state index is 11.3. The molecule has 0 saturated carbocycles. The summed E-state index contributed by atoms with van der Waals surface area (Å²) in [7, 11) is 1.70. The van der Waals surface area contributed by atoms with Crippen LogP contribution in [0.2, 0.25) is 0 Å². The van der Waals surface area contributed by atoms with Gasteiger partial charge in [0.2, 0.25) is 0 Å². The van der Waals surface area contributed by atoms with Crippen molar-refractivity contribution in [3.05, 3.63) is 0 Å². The minimum absolute atomic E-state index is 0.318. The number of piperidine rings is 1. The number of aliphatic carboxylic acids is 1. The highest BCUT2D eigenvalue weighted by atomic mass is 16.5. The summed E-state index contributed by atoms with van der Waals surface area (Å²) in [5.41, 5.74) is -0.598. The van der Waals surface area contributed by atoms with Crippen molar-refractivity contribution in [2.45, 2.75) is 39.7 Å². The van der Waals surface area contributed by atoms with Gasteiger partial charge in [-0.1, -0.05) is 13.8 Å². The first kappa shape index (κ1) is 14.5. The Hall–Kier alpha value is -0.610. The first-order valence-corrected chi connectivity index (χ1v) is 6.37. The zero-order valence-electron chi connectivity index (χ0n) is 11.4. The Bertz CT molecular complexity index is 267. The quantitative estimate of drug-likeness (QED) is 0.800. The average molecular weight is 243 g/mol. The van der Waals surface area contributed by atoms with Crippen LogP contribution in [0.4, 0.5) is 0 Å². The second-order valence-electron chi connectivity index (χ2n) is 5.71. The van der Waals surface area contributed by atoms with Gasteiger partial charge in [-0.05, 0) is 32.2 Å². The Morgan fingerprint density at radius 1 is 1.53 bits per heavy atom. The van der Waals surface area contributed by atoms with Gasteiger partial charge in [0.1, 0.15) is 0 Å². The first-order valence-electron chi connectivity index (χ1n) is 6.37. The molecule has 0 bridgehead atoms. The van der Waals surface area contributed by atoms with Gasteiger partial charge in [-0.25, -0.2) is 0 Å². The Morgan fingerprint density at radius 3 is 2.65 bits per heavy atom. The van der Waals surface area contributed by atoms with Crippen LogP contribution in [0.3, 0.4) is 0 Å².